The molecule has 1 heterocycles. The van der Waals surface area contributed by atoms with Crippen LogP contribution in [0.3, 0.4) is 0 Å². The van der Waals surface area contributed by atoms with E-state index in [0.29, 0.717) is 0 Å². The third-order valence-electron chi connectivity index (χ3n) is 3.84. The van der Waals surface area contributed by atoms with Gasteiger partial charge in [0, 0.05) is 13.1 Å². The summed E-state index contributed by atoms with van der Waals surface area (Å²) in [5.41, 5.74) is 1.23. The second kappa shape index (κ2) is 7.66. The molecule has 2 rings (SSSR count). The van der Waals surface area contributed by atoms with Crippen LogP contribution in [0.25, 0.3) is 0 Å². The van der Waals surface area contributed by atoms with Crippen LogP contribution in [-0.2, 0) is 6.54 Å². The van der Waals surface area contributed by atoms with Crippen LogP contribution in [0.4, 0.5) is 0 Å². The Morgan fingerprint density at radius 3 is 2.76 bits per heavy atom. The van der Waals surface area contributed by atoms with Gasteiger partial charge in [0.2, 0.25) is 0 Å². The summed E-state index contributed by atoms with van der Waals surface area (Å²) < 4.78 is 11.2. The van der Waals surface area contributed by atoms with Crippen LogP contribution in [0.1, 0.15) is 25.8 Å². The van der Waals surface area contributed by atoms with Gasteiger partial charge in [0.25, 0.3) is 0 Å². The first-order valence-corrected chi connectivity index (χ1v) is 7.81. The summed E-state index contributed by atoms with van der Waals surface area (Å²) in [6.07, 6.45) is 1.45. The van der Waals surface area contributed by atoms with Crippen molar-refractivity contribution in [3.63, 3.8) is 0 Å². The lowest BCUT2D eigenvalue weighted by molar-refractivity contribution is 0.230. The fraction of sp³-hybridized carbons (Fsp3) is 0.647. The number of ether oxygens (including phenoxy) is 2. The Balaban J connectivity index is 1.85. The molecule has 4 heteroatoms. The monoisotopic (exact) mass is 292 g/mol. The normalized spacial score (nSPS) is 19.2. The Kier molecular flexibility index (Phi) is 5.88. The van der Waals surface area contributed by atoms with Gasteiger partial charge in [-0.2, -0.15) is 0 Å². The molecule has 1 N–H and O–H groups in total. The predicted molar refractivity (Wildman–Crippen MR) is 86.1 cm³/mol. The van der Waals surface area contributed by atoms with Gasteiger partial charge in [-0.3, -0.25) is 0 Å². The molecule has 1 fully saturated rings. The minimum atomic E-state index is 0.155. The zero-order valence-corrected chi connectivity index (χ0v) is 13.7. The van der Waals surface area contributed by atoms with Crippen molar-refractivity contribution in [2.45, 2.75) is 32.9 Å². The molecule has 0 radical (unpaired) electrons. The molecule has 1 saturated heterocycles. The third kappa shape index (κ3) is 4.90. The Bertz CT molecular complexity index is 448. The molecule has 118 valence electrons. The molecule has 0 spiro atoms. The first kappa shape index (κ1) is 16.1. The highest BCUT2D eigenvalue weighted by atomic mass is 16.5. The molecule has 1 aliphatic rings. The third-order valence-corrected chi connectivity index (χ3v) is 3.84. The summed E-state index contributed by atoms with van der Waals surface area (Å²) in [4.78, 5) is 2.40. The van der Waals surface area contributed by atoms with Crippen molar-refractivity contribution in [3.05, 3.63) is 23.8 Å². The highest BCUT2D eigenvalue weighted by Gasteiger charge is 2.18. The fourth-order valence-corrected chi connectivity index (χ4v) is 2.79. The van der Waals surface area contributed by atoms with Gasteiger partial charge < -0.3 is 19.7 Å². The van der Waals surface area contributed by atoms with Crippen molar-refractivity contribution in [1.29, 1.82) is 0 Å². The van der Waals surface area contributed by atoms with E-state index < -0.39 is 0 Å². The van der Waals surface area contributed by atoms with Crippen LogP contribution in [0.5, 0.6) is 11.5 Å². The quantitative estimate of drug-likeness (QED) is 0.837. The molecule has 1 aliphatic heterocycles. The lowest BCUT2D eigenvalue weighted by Crippen LogP contribution is -2.24. The maximum Gasteiger partial charge on any atom is 0.161 e. The number of hydrogen-bond donors (Lipinski definition) is 1. The zero-order chi connectivity index (χ0) is 15.2. The van der Waals surface area contributed by atoms with E-state index in [-0.39, 0.29) is 6.10 Å². The second-order valence-electron chi connectivity index (χ2n) is 6.20. The predicted octanol–water partition coefficient (Wildman–Crippen LogP) is 2.52. The topological polar surface area (TPSA) is 33.7 Å². The van der Waals surface area contributed by atoms with Gasteiger partial charge in [0.05, 0.1) is 13.2 Å². The van der Waals surface area contributed by atoms with Crippen LogP contribution < -0.4 is 14.8 Å². The van der Waals surface area contributed by atoms with Crippen LogP contribution in [0.15, 0.2) is 18.2 Å². The summed E-state index contributed by atoms with van der Waals surface area (Å²) in [5.74, 6) is 2.40. The molecule has 0 aromatic heterocycles. The number of methoxy groups -OCH3 is 1. The van der Waals surface area contributed by atoms with Crippen LogP contribution in [0, 0.1) is 5.92 Å². The summed E-state index contributed by atoms with van der Waals surface area (Å²) >= 11 is 0. The summed E-state index contributed by atoms with van der Waals surface area (Å²) in [6.45, 7) is 8.43. The molecular weight excluding hydrogens is 264 g/mol. The second-order valence-corrected chi connectivity index (χ2v) is 6.20. The largest absolute Gasteiger partial charge is 0.493 e. The zero-order valence-electron chi connectivity index (χ0n) is 13.7. The van der Waals surface area contributed by atoms with Crippen LogP contribution in [-0.4, -0.2) is 44.8 Å². The number of rotatable bonds is 7. The molecule has 1 aromatic rings. The summed E-state index contributed by atoms with van der Waals surface area (Å²) in [6, 6.07) is 6.17. The maximum absolute atomic E-state index is 5.74. The molecule has 0 aliphatic carbocycles. The van der Waals surface area contributed by atoms with Gasteiger partial charge in [0.15, 0.2) is 11.5 Å². The molecule has 4 nitrogen and oxygen atoms in total. The van der Waals surface area contributed by atoms with E-state index in [1.54, 1.807) is 7.11 Å². The lowest BCUT2D eigenvalue weighted by atomic mass is 10.1. The summed E-state index contributed by atoms with van der Waals surface area (Å²) in [5, 5.41) is 3.55. The van der Waals surface area contributed by atoms with Crippen molar-refractivity contribution in [2.24, 2.45) is 5.92 Å². The smallest absolute Gasteiger partial charge is 0.161 e. The Hall–Kier alpha value is -1.26. The molecule has 0 bridgehead atoms. The van der Waals surface area contributed by atoms with E-state index in [9.17, 15) is 0 Å². The number of likely N-dealkylation sites (tertiary alicyclic amines) is 1. The Morgan fingerprint density at radius 2 is 2.14 bits per heavy atom. The van der Waals surface area contributed by atoms with Gasteiger partial charge in [-0.1, -0.05) is 6.07 Å². The molecule has 21 heavy (non-hydrogen) atoms. The lowest BCUT2D eigenvalue weighted by Gasteiger charge is -2.15. The molecule has 0 saturated carbocycles. The SMILES string of the molecule is COc1cc(CNCC2CCN(C)C2)ccc1OC(C)C. The molecule has 1 atom stereocenters. The minimum Gasteiger partial charge on any atom is -0.493 e. The maximum atomic E-state index is 5.74. The first-order valence-electron chi connectivity index (χ1n) is 7.81. The van der Waals surface area contributed by atoms with Gasteiger partial charge in [-0.15, -0.1) is 0 Å². The van der Waals surface area contributed by atoms with Crippen molar-refractivity contribution >= 4 is 0 Å². The van der Waals surface area contributed by atoms with Gasteiger partial charge in [0.1, 0.15) is 0 Å². The standard InChI is InChI=1S/C17H28N2O2/c1-13(2)21-16-6-5-14(9-17(16)20-4)10-18-11-15-7-8-19(3)12-15/h5-6,9,13,15,18H,7-8,10-12H2,1-4H3. The van der Waals surface area contributed by atoms with Crippen molar-refractivity contribution in [2.75, 3.05) is 33.8 Å². The van der Waals surface area contributed by atoms with Crippen molar-refractivity contribution < 1.29 is 9.47 Å². The molecule has 1 aromatic carbocycles. The van der Waals surface area contributed by atoms with E-state index >= 15 is 0 Å². The van der Waals surface area contributed by atoms with Gasteiger partial charge in [-0.05, 0) is 64.0 Å². The van der Waals surface area contributed by atoms with Gasteiger partial charge >= 0.3 is 0 Å². The molecule has 1 unspecified atom stereocenters. The Morgan fingerprint density at radius 1 is 1.33 bits per heavy atom. The number of hydrogen-bond acceptors (Lipinski definition) is 4. The van der Waals surface area contributed by atoms with E-state index in [1.165, 1.54) is 25.1 Å². The number of benzene rings is 1. The minimum absolute atomic E-state index is 0.155. The highest BCUT2D eigenvalue weighted by Crippen LogP contribution is 2.29. The average Bonchev–Trinajstić information content (AvgIpc) is 2.85. The molecular formula is C17H28N2O2. The van der Waals surface area contributed by atoms with Crippen LogP contribution >= 0.6 is 0 Å². The van der Waals surface area contributed by atoms with E-state index in [2.05, 4.69) is 29.4 Å². The first-order chi connectivity index (χ1) is 10.1. The Labute approximate surface area is 128 Å². The fourth-order valence-electron chi connectivity index (χ4n) is 2.79. The number of nitrogens with one attached hydrogen (secondary N) is 1. The van der Waals surface area contributed by atoms with E-state index in [0.717, 1.165) is 30.5 Å². The van der Waals surface area contributed by atoms with Crippen LogP contribution in [0.2, 0.25) is 0 Å². The van der Waals surface area contributed by atoms with Crippen molar-refractivity contribution in [1.82, 2.24) is 10.2 Å². The van der Waals surface area contributed by atoms with E-state index in [4.69, 9.17) is 9.47 Å². The average molecular weight is 292 g/mol. The summed E-state index contributed by atoms with van der Waals surface area (Å²) in [7, 11) is 3.88. The van der Waals surface area contributed by atoms with E-state index in [1.807, 2.05) is 19.9 Å². The molecule has 0 amide bonds. The van der Waals surface area contributed by atoms with Crippen molar-refractivity contribution in [3.8, 4) is 11.5 Å². The highest BCUT2D eigenvalue weighted by molar-refractivity contribution is 5.43. The van der Waals surface area contributed by atoms with Gasteiger partial charge in [-0.25, -0.2) is 0 Å². The number of nitrogens with zero attached hydrogens (tertiary/aromatic N) is 1.